The molecule has 0 radical (unpaired) electrons. The van der Waals surface area contributed by atoms with Gasteiger partial charge in [-0.05, 0) is 249 Å². The zero-order valence-electron chi connectivity index (χ0n) is 91.2. The predicted molar refractivity (Wildman–Crippen MR) is 600 cm³/mol. The van der Waals surface area contributed by atoms with Gasteiger partial charge in [0.2, 0.25) is 0 Å². The molecule has 4 aromatic heterocycles. The number of benzene rings is 25. The fourth-order valence-corrected chi connectivity index (χ4v) is 22.1. The van der Waals surface area contributed by atoms with Gasteiger partial charge >= 0.3 is 0 Å². The van der Waals surface area contributed by atoms with E-state index in [1.54, 1.807) is 0 Å². The van der Waals surface area contributed by atoms with Gasteiger partial charge in [0.15, 0.2) is 0 Å². The fraction of sp³-hybridized carbons (Fsp3) is 0. The molecule has 4 nitrogen and oxygen atoms in total. The third-order valence-electron chi connectivity index (χ3n) is 28.0. The lowest BCUT2D eigenvalue weighted by molar-refractivity contribution is 0.668. The van der Waals surface area contributed by atoms with Gasteiger partial charge in [0.05, 0.1) is 31.6 Å². The van der Waals surface area contributed by atoms with E-state index >= 15 is 0 Å². The van der Waals surface area contributed by atoms with E-state index in [2.05, 4.69) is 253 Å². The number of hydrogen-bond donors (Lipinski definition) is 0. The van der Waals surface area contributed by atoms with Crippen LogP contribution in [0.4, 0.5) is 0 Å². The average molecular weight is 1820 g/mol. The van der Waals surface area contributed by atoms with Crippen LogP contribution in [-0.4, -0.2) is 4.57 Å². The summed E-state index contributed by atoms with van der Waals surface area (Å²) in [6.07, 6.45) is 0. The summed E-state index contributed by atoms with van der Waals surface area (Å²) in [5.41, 5.74) is 27.8. The number of fused-ring (bicyclic) bond motifs is 18. The highest BCUT2D eigenvalue weighted by atomic mass is 16.3. The molecule has 0 fully saturated rings. The van der Waals surface area contributed by atoms with Crippen LogP contribution in [-0.2, 0) is 0 Å². The van der Waals surface area contributed by atoms with E-state index in [0.29, 0.717) is 16.7 Å². The van der Waals surface area contributed by atoms with E-state index in [4.69, 9.17) is 33.8 Å². The Kier molecular flexibility index (Phi) is 16.7. The summed E-state index contributed by atoms with van der Waals surface area (Å²) in [5.74, 6) is 0. The molecular formula is C138H87NO3. The van der Waals surface area contributed by atoms with Crippen LogP contribution in [0, 0.1) is 0 Å². The molecule has 0 saturated heterocycles. The highest BCUT2D eigenvalue weighted by Gasteiger charge is 2.27. The molecule has 662 valence electrons. The number of aromatic nitrogens is 1. The molecular weight excluding hydrogens is 1720 g/mol. The summed E-state index contributed by atoms with van der Waals surface area (Å²) in [7, 11) is 0. The Labute approximate surface area is 841 Å². The van der Waals surface area contributed by atoms with Crippen LogP contribution in [0.15, 0.2) is 541 Å². The monoisotopic (exact) mass is 1820 g/mol. The molecule has 4 heterocycles. The molecule has 0 saturated carbocycles. The maximum Gasteiger partial charge on any atom is 0.136 e. The van der Waals surface area contributed by atoms with E-state index in [1.165, 1.54) is 10.8 Å². The van der Waals surface area contributed by atoms with Crippen LogP contribution in [0.1, 0.15) is 20.6 Å². The van der Waals surface area contributed by atoms with Crippen LogP contribution in [0.5, 0.6) is 0 Å². The van der Waals surface area contributed by atoms with Gasteiger partial charge in [-0.3, -0.25) is 0 Å². The minimum absolute atomic E-state index is 0.201. The standard InChI is InChI=1S/C56H35NO.C44H28O.C38H24O/c1-3-15-37(16-4-1)53-44-20-7-9-22-46(44)54(47-23-10-8-21-45(47)53)38-29-27-36(28-30-38)41-33-34-52-56(48-24-12-14-26-51(48)58-52)55(41)39-31-32-43-42-19-11-13-25-49(42)57(50(43)35-39)40-17-5-2-6-18-40;1-3-14-29(15-4-1)33-26-27-40-44(38-24-11-12-25-39(38)45-40)43(33)32-19-13-18-31(28-32)42-36-22-9-7-20-34(36)41(30-16-5-2-6-17-30)35-21-8-10-23-37(35)42;1-2-12-25(13-3-1)36-29-16-4-6-18-31(29)37(32-19-7-5-17-30(32)36)27-15-10-14-26(24-27)28-21-11-23-35-38(28)33-20-8-9-22-34(33)39-35/h1-35H;1-28H;1-24H/i1D,3D,4D,15D,16D;2D,5D,6D,16D,17D;1D,2D,3D,12D,13D. The second kappa shape index (κ2) is 34.8. The lowest BCUT2D eigenvalue weighted by atomic mass is 9.84. The highest BCUT2D eigenvalue weighted by Crippen LogP contribution is 2.53. The van der Waals surface area contributed by atoms with E-state index < -0.39 is 18.1 Å². The Morgan fingerprint density at radius 2 is 0.423 bits per heavy atom. The summed E-state index contributed by atoms with van der Waals surface area (Å²) in [6.45, 7) is 0. The van der Waals surface area contributed by atoms with Gasteiger partial charge in [-0.2, -0.15) is 0 Å². The minimum atomic E-state index is -0.404. The van der Waals surface area contributed by atoms with Gasteiger partial charge in [0.1, 0.15) is 33.5 Å². The van der Waals surface area contributed by atoms with Crippen molar-refractivity contribution in [1.29, 1.82) is 0 Å². The summed E-state index contributed by atoms with van der Waals surface area (Å²) < 4.78 is 150. The molecule has 0 N–H and O–H groups in total. The first-order chi connectivity index (χ1) is 76.7. The van der Waals surface area contributed by atoms with Gasteiger partial charge in [-0.15, -0.1) is 0 Å². The SMILES string of the molecule is [2H]c1c([2H])c([2H])c(-c2c3ccccc3c(-c3ccc(-c4ccc5oc6ccccc6c5c4-c4ccc5c6ccccc6n(-c6ccccc6)c5c4)cc3)c3ccccc23)c([2H])c1[2H].[2H]c1c([2H])c([2H])c(-c2c3ccccc3c(-c3cccc(-c4c(-c5ccccc5)ccc5oc6ccccc6c45)c3)c3ccccc23)c([2H])c1[2H].[2H]c1c([2H])c([2H])c(-c2c3ccccc3c(-c3cccc(-c4cccc5oc6ccccc6c45)c3)c3ccccc23)c([2H])c1[2H]. The molecule has 0 unspecified atom stereocenters. The first-order valence-electron chi connectivity index (χ1n) is 55.0. The van der Waals surface area contributed by atoms with Crippen LogP contribution >= 0.6 is 0 Å². The Hall–Kier alpha value is -18.7. The molecule has 0 aliphatic rings. The number of rotatable bonds is 12. The van der Waals surface area contributed by atoms with Crippen molar-refractivity contribution in [2.75, 3.05) is 0 Å². The molecule has 29 rings (SSSR count). The van der Waals surface area contributed by atoms with E-state index in [1.807, 2.05) is 188 Å². The molecule has 0 aliphatic heterocycles. The zero-order chi connectivity index (χ0) is 107. The average Bonchev–Trinajstić information content (AvgIpc) is 1.08. The zero-order valence-corrected chi connectivity index (χ0v) is 76.2. The van der Waals surface area contributed by atoms with Crippen molar-refractivity contribution < 1.29 is 33.8 Å². The maximum absolute atomic E-state index is 8.95. The Bertz CT molecular complexity index is 10800. The van der Waals surface area contributed by atoms with Gasteiger partial charge in [-0.25, -0.2) is 0 Å². The lowest BCUT2D eigenvalue weighted by Gasteiger charge is -2.19. The van der Waals surface area contributed by atoms with Gasteiger partial charge in [0, 0.05) is 59.9 Å². The number of furan rings is 3. The van der Waals surface area contributed by atoms with Crippen molar-refractivity contribution in [3.63, 3.8) is 0 Å². The normalized spacial score (nSPS) is 13.1. The molecule has 0 atom stereocenters. The first-order valence-corrected chi connectivity index (χ1v) is 47.5. The number of nitrogens with zero attached hydrogens (tertiary/aromatic N) is 1. The molecule has 142 heavy (non-hydrogen) atoms. The Morgan fingerprint density at radius 3 is 0.845 bits per heavy atom. The second-order valence-electron chi connectivity index (χ2n) is 35.7. The second-order valence-corrected chi connectivity index (χ2v) is 35.7. The molecule has 0 aliphatic carbocycles. The summed E-state index contributed by atoms with van der Waals surface area (Å²) in [6, 6.07) is 144. The van der Waals surface area contributed by atoms with Crippen molar-refractivity contribution >= 4 is 152 Å². The van der Waals surface area contributed by atoms with E-state index in [0.717, 1.165) is 236 Å². The third kappa shape index (κ3) is 14.0. The van der Waals surface area contributed by atoms with Crippen molar-refractivity contribution in [2.45, 2.75) is 0 Å². The van der Waals surface area contributed by atoms with Gasteiger partial charge in [-0.1, -0.05) is 455 Å². The molecule has 0 amide bonds. The van der Waals surface area contributed by atoms with Crippen LogP contribution in [0.3, 0.4) is 0 Å². The topological polar surface area (TPSA) is 44.4 Å². The number of para-hydroxylation sites is 5. The quantitative estimate of drug-likeness (QED) is 0.115. The summed E-state index contributed by atoms with van der Waals surface area (Å²) >= 11 is 0. The van der Waals surface area contributed by atoms with Crippen molar-refractivity contribution in [2.24, 2.45) is 0 Å². The third-order valence-corrected chi connectivity index (χ3v) is 28.0. The fourth-order valence-electron chi connectivity index (χ4n) is 22.1. The van der Waals surface area contributed by atoms with Crippen molar-refractivity contribution in [3.05, 3.63) is 527 Å². The van der Waals surface area contributed by atoms with E-state index in [-0.39, 0.29) is 89.2 Å². The molecule has 0 bridgehead atoms. The summed E-state index contributed by atoms with van der Waals surface area (Å²) in [5, 5.41) is 19.3. The molecule has 0 spiro atoms. The van der Waals surface area contributed by atoms with Gasteiger partial charge < -0.3 is 17.8 Å². The minimum Gasteiger partial charge on any atom is -0.456 e. The van der Waals surface area contributed by atoms with Crippen LogP contribution in [0.2, 0.25) is 0 Å². The van der Waals surface area contributed by atoms with Crippen molar-refractivity contribution in [1.82, 2.24) is 4.57 Å². The smallest absolute Gasteiger partial charge is 0.136 e. The van der Waals surface area contributed by atoms with Gasteiger partial charge in [0.25, 0.3) is 0 Å². The van der Waals surface area contributed by atoms with Crippen LogP contribution in [0.25, 0.3) is 280 Å². The lowest BCUT2D eigenvalue weighted by Crippen LogP contribution is -1.94. The first kappa shape index (κ1) is 68.3. The molecule has 4 heteroatoms. The number of hydrogen-bond acceptors (Lipinski definition) is 3. The van der Waals surface area contributed by atoms with Crippen molar-refractivity contribution in [3.8, 4) is 128 Å². The Morgan fingerprint density at radius 1 is 0.148 bits per heavy atom. The largest absolute Gasteiger partial charge is 0.456 e. The summed E-state index contributed by atoms with van der Waals surface area (Å²) in [4.78, 5) is 0. The molecule has 29 aromatic rings. The predicted octanol–water partition coefficient (Wildman–Crippen LogP) is 39.1. The maximum atomic E-state index is 8.95. The Balaban J connectivity index is 0.000000116. The highest BCUT2D eigenvalue weighted by molar-refractivity contribution is 6.27. The van der Waals surface area contributed by atoms with Crippen LogP contribution < -0.4 is 0 Å². The molecule has 25 aromatic carbocycles. The van der Waals surface area contributed by atoms with E-state index in [9.17, 15) is 0 Å².